The first-order valence-corrected chi connectivity index (χ1v) is 12.1. The predicted octanol–water partition coefficient (Wildman–Crippen LogP) is 7.89. The number of halogens is 3. The summed E-state index contributed by atoms with van der Waals surface area (Å²) in [5, 5.41) is 0. The zero-order chi connectivity index (χ0) is 21.4. The third-order valence-electron chi connectivity index (χ3n) is 9.87. The van der Waals surface area contributed by atoms with Crippen LogP contribution < -0.4 is 0 Å². The largest absolute Gasteiger partial charge is 0.389 e. The van der Waals surface area contributed by atoms with Gasteiger partial charge >= 0.3 is 6.18 Å². The minimum atomic E-state index is -4.04. The minimum absolute atomic E-state index is 0.145. The third kappa shape index (κ3) is 4.39. The topological polar surface area (TPSA) is 9.23 Å². The molecule has 29 heavy (non-hydrogen) atoms. The number of alkyl halides is 3. The fourth-order valence-corrected chi connectivity index (χ4v) is 8.56. The van der Waals surface area contributed by atoms with Crippen molar-refractivity contribution < 1.29 is 17.9 Å². The maximum Gasteiger partial charge on any atom is 0.389 e. The van der Waals surface area contributed by atoms with Gasteiger partial charge in [0.25, 0.3) is 0 Å². The summed E-state index contributed by atoms with van der Waals surface area (Å²) in [6.07, 6.45) is 5.16. The smallest absolute Gasteiger partial charge is 0.385 e. The fraction of sp³-hybridized carbons (Fsp3) is 1.00. The van der Waals surface area contributed by atoms with Crippen LogP contribution in [0.3, 0.4) is 0 Å². The van der Waals surface area contributed by atoms with Gasteiger partial charge in [-0.1, -0.05) is 34.1 Å². The van der Waals surface area contributed by atoms with E-state index in [0.29, 0.717) is 29.1 Å². The van der Waals surface area contributed by atoms with Crippen molar-refractivity contribution >= 4 is 0 Å². The molecule has 8 atom stereocenters. The summed E-state index contributed by atoms with van der Waals surface area (Å²) in [5.41, 5.74) is 0.229. The lowest BCUT2D eigenvalue weighted by Gasteiger charge is -2.59. The van der Waals surface area contributed by atoms with Crippen LogP contribution in [0.2, 0.25) is 0 Å². The van der Waals surface area contributed by atoms with Gasteiger partial charge in [-0.15, -0.1) is 0 Å². The molecule has 8 unspecified atom stereocenters. The lowest BCUT2D eigenvalue weighted by Crippen LogP contribution is -2.52. The second-order valence-corrected chi connectivity index (χ2v) is 11.2. The molecule has 3 aliphatic carbocycles. The monoisotopic (exact) mass is 416 g/mol. The Kier molecular flexibility index (Phi) is 7.03. The molecule has 0 radical (unpaired) electrons. The first-order chi connectivity index (χ1) is 13.6. The van der Waals surface area contributed by atoms with Crippen molar-refractivity contribution in [3.8, 4) is 0 Å². The summed E-state index contributed by atoms with van der Waals surface area (Å²) >= 11 is 0. The molecule has 0 aromatic carbocycles. The number of hydrogen-bond acceptors (Lipinski definition) is 1. The molecule has 0 aliphatic heterocycles. The van der Waals surface area contributed by atoms with Crippen molar-refractivity contribution in [1.29, 1.82) is 0 Å². The highest BCUT2D eigenvalue weighted by atomic mass is 19.4. The molecule has 0 aromatic rings. The van der Waals surface area contributed by atoms with Gasteiger partial charge in [0.15, 0.2) is 0 Å². The molecule has 3 fully saturated rings. The SMILES string of the molecule is CCCC1(C)C(CC(F)(F)F)CCC2C1CCC1(C)C(C(C)CCOC)CCC21. The van der Waals surface area contributed by atoms with Crippen molar-refractivity contribution in [2.75, 3.05) is 13.7 Å². The zero-order valence-electron chi connectivity index (χ0n) is 19.3. The molecule has 0 aromatic heterocycles. The molecular weight excluding hydrogens is 373 g/mol. The zero-order valence-corrected chi connectivity index (χ0v) is 19.3. The van der Waals surface area contributed by atoms with Gasteiger partial charge in [0.2, 0.25) is 0 Å². The Morgan fingerprint density at radius 2 is 1.76 bits per heavy atom. The normalized spacial score (nSPS) is 43.7. The van der Waals surface area contributed by atoms with E-state index in [1.54, 1.807) is 7.11 Å². The van der Waals surface area contributed by atoms with Gasteiger partial charge in [0.05, 0.1) is 0 Å². The highest BCUT2D eigenvalue weighted by Gasteiger charge is 2.60. The second-order valence-electron chi connectivity index (χ2n) is 11.2. The lowest BCUT2D eigenvalue weighted by molar-refractivity contribution is -0.178. The van der Waals surface area contributed by atoms with Crippen LogP contribution in [0.25, 0.3) is 0 Å². The van der Waals surface area contributed by atoms with Gasteiger partial charge in [0, 0.05) is 20.1 Å². The van der Waals surface area contributed by atoms with E-state index in [1.165, 1.54) is 19.3 Å². The molecule has 0 saturated heterocycles. The Balaban J connectivity index is 1.81. The second kappa shape index (κ2) is 8.71. The quantitative estimate of drug-likeness (QED) is 0.410. The molecule has 0 amide bonds. The fourth-order valence-electron chi connectivity index (χ4n) is 8.56. The van der Waals surface area contributed by atoms with Gasteiger partial charge in [-0.2, -0.15) is 13.2 Å². The number of hydrogen-bond donors (Lipinski definition) is 0. The van der Waals surface area contributed by atoms with Crippen LogP contribution in [0.5, 0.6) is 0 Å². The maximum absolute atomic E-state index is 13.4. The first-order valence-electron chi connectivity index (χ1n) is 12.1. The Morgan fingerprint density at radius 1 is 1.03 bits per heavy atom. The van der Waals surface area contributed by atoms with E-state index >= 15 is 0 Å². The highest BCUT2D eigenvalue weighted by molar-refractivity contribution is 5.08. The molecule has 3 aliphatic rings. The van der Waals surface area contributed by atoms with E-state index in [-0.39, 0.29) is 11.3 Å². The first kappa shape index (κ1) is 23.4. The minimum Gasteiger partial charge on any atom is -0.385 e. The van der Waals surface area contributed by atoms with Gasteiger partial charge in [0.1, 0.15) is 0 Å². The van der Waals surface area contributed by atoms with Crippen molar-refractivity contribution in [3.05, 3.63) is 0 Å². The Hall–Kier alpha value is -0.250. The molecule has 0 N–H and O–H groups in total. The third-order valence-corrected chi connectivity index (χ3v) is 9.87. The van der Waals surface area contributed by atoms with E-state index in [9.17, 15) is 13.2 Å². The van der Waals surface area contributed by atoms with Crippen molar-refractivity contribution in [1.82, 2.24) is 0 Å². The van der Waals surface area contributed by atoms with E-state index in [1.807, 2.05) is 0 Å². The summed E-state index contributed by atoms with van der Waals surface area (Å²) in [5.74, 6) is 3.05. The lowest BCUT2D eigenvalue weighted by atomic mass is 9.45. The van der Waals surface area contributed by atoms with E-state index in [0.717, 1.165) is 51.0 Å². The summed E-state index contributed by atoms with van der Waals surface area (Å²) in [6, 6.07) is 0. The van der Waals surface area contributed by atoms with Gasteiger partial charge in [-0.3, -0.25) is 0 Å². The molecule has 0 bridgehead atoms. The van der Waals surface area contributed by atoms with Crippen LogP contribution in [0.4, 0.5) is 13.2 Å². The standard InChI is InChI=1S/C25H43F3O/c1-6-13-23(3)18(16-25(26,27)28)7-8-19-21-10-9-20(17(2)12-15-29-5)24(21,4)14-11-22(19)23/h17-22H,6-16H2,1-5H3. The summed E-state index contributed by atoms with van der Waals surface area (Å²) in [6.45, 7) is 10.1. The van der Waals surface area contributed by atoms with E-state index in [2.05, 4.69) is 27.7 Å². The van der Waals surface area contributed by atoms with E-state index < -0.39 is 12.6 Å². The highest BCUT2D eigenvalue weighted by Crippen LogP contribution is 2.67. The number of fused-ring (bicyclic) bond motifs is 3. The maximum atomic E-state index is 13.4. The van der Waals surface area contributed by atoms with Crippen LogP contribution in [0.15, 0.2) is 0 Å². The van der Waals surface area contributed by atoms with Crippen molar-refractivity contribution in [3.63, 3.8) is 0 Å². The van der Waals surface area contributed by atoms with Crippen molar-refractivity contribution in [2.45, 2.75) is 98.1 Å². The Morgan fingerprint density at radius 3 is 2.38 bits per heavy atom. The van der Waals surface area contributed by atoms with Gasteiger partial charge in [-0.05, 0) is 97.7 Å². The average Bonchev–Trinajstić information content (AvgIpc) is 2.99. The molecule has 3 rings (SSSR count). The van der Waals surface area contributed by atoms with Gasteiger partial charge < -0.3 is 4.74 Å². The van der Waals surface area contributed by atoms with Gasteiger partial charge in [-0.25, -0.2) is 0 Å². The van der Waals surface area contributed by atoms with Crippen LogP contribution >= 0.6 is 0 Å². The molecule has 0 heterocycles. The molecular formula is C25H43F3O. The molecule has 3 saturated carbocycles. The summed E-state index contributed by atoms with van der Waals surface area (Å²) < 4.78 is 45.4. The summed E-state index contributed by atoms with van der Waals surface area (Å²) in [4.78, 5) is 0. The molecule has 0 spiro atoms. The van der Waals surface area contributed by atoms with Crippen LogP contribution in [0.1, 0.15) is 91.9 Å². The number of ether oxygens (including phenoxy) is 1. The molecule has 1 nitrogen and oxygen atoms in total. The van der Waals surface area contributed by atoms with Crippen LogP contribution in [-0.4, -0.2) is 19.9 Å². The predicted molar refractivity (Wildman–Crippen MR) is 113 cm³/mol. The molecule has 170 valence electrons. The number of methoxy groups -OCH3 is 1. The van der Waals surface area contributed by atoms with Crippen LogP contribution in [0, 0.1) is 46.3 Å². The Bertz CT molecular complexity index is 547. The summed E-state index contributed by atoms with van der Waals surface area (Å²) in [7, 11) is 1.78. The number of rotatable bonds is 7. The molecule has 4 heteroatoms. The van der Waals surface area contributed by atoms with Crippen molar-refractivity contribution in [2.24, 2.45) is 46.3 Å². The van der Waals surface area contributed by atoms with E-state index in [4.69, 9.17) is 4.74 Å². The van der Waals surface area contributed by atoms with Crippen LogP contribution in [-0.2, 0) is 4.74 Å². The Labute approximate surface area is 176 Å². The average molecular weight is 417 g/mol.